The number of hydrogen-bond acceptors (Lipinski definition) is 4. The molecular weight excluding hydrogens is 452 g/mol. The number of amides is 2. The van der Waals surface area contributed by atoms with Crippen LogP contribution in [0.4, 0.5) is 0 Å². The lowest BCUT2D eigenvalue weighted by Crippen LogP contribution is -2.67. The number of hydrogen-bond donors (Lipinski definition) is 1. The second-order valence-corrected chi connectivity index (χ2v) is 9.94. The third-order valence-electron chi connectivity index (χ3n) is 8.13. The van der Waals surface area contributed by atoms with Gasteiger partial charge in [0, 0.05) is 35.5 Å². The zero-order valence-corrected chi connectivity index (χ0v) is 21.7. The summed E-state index contributed by atoms with van der Waals surface area (Å²) in [6.45, 7) is 10.2. The largest absolute Gasteiger partial charge is 0.496 e. The number of H-pyrrole nitrogens is 1. The van der Waals surface area contributed by atoms with Crippen LogP contribution in [0.5, 0.6) is 5.75 Å². The monoisotopic (exact) mass is 488 g/mol. The van der Waals surface area contributed by atoms with Crippen LogP contribution in [0, 0.1) is 0 Å². The van der Waals surface area contributed by atoms with Gasteiger partial charge in [-0.15, -0.1) is 0 Å². The number of piperazine rings is 1. The quantitative estimate of drug-likeness (QED) is 0.522. The van der Waals surface area contributed by atoms with Crippen LogP contribution in [0.3, 0.4) is 0 Å². The lowest BCUT2D eigenvalue weighted by atomic mass is 9.76. The van der Waals surface area contributed by atoms with Crippen molar-refractivity contribution in [2.75, 3.05) is 46.4 Å². The maximum Gasteiger partial charge on any atom is 0.254 e. The fourth-order valence-corrected chi connectivity index (χ4v) is 6.12. The molecule has 7 heteroatoms. The summed E-state index contributed by atoms with van der Waals surface area (Å²) >= 11 is 0. The molecular formula is C29H36N4O3. The van der Waals surface area contributed by atoms with Crippen molar-refractivity contribution >= 4 is 22.7 Å². The summed E-state index contributed by atoms with van der Waals surface area (Å²) in [6.07, 6.45) is 0.847. The van der Waals surface area contributed by atoms with Crippen molar-refractivity contribution in [1.29, 1.82) is 0 Å². The Balaban J connectivity index is 1.59. The summed E-state index contributed by atoms with van der Waals surface area (Å²) in [7, 11) is 1.67. The molecule has 190 valence electrons. The number of carbonyl (C=O) groups is 2. The Bertz CT molecular complexity index is 1280. The van der Waals surface area contributed by atoms with E-state index in [2.05, 4.69) is 35.9 Å². The number of rotatable bonds is 8. The first-order valence-corrected chi connectivity index (χ1v) is 13.0. The molecule has 2 aromatic carbocycles. The number of para-hydroxylation sites is 2. The van der Waals surface area contributed by atoms with Gasteiger partial charge in [0.2, 0.25) is 5.91 Å². The highest BCUT2D eigenvalue weighted by molar-refractivity contribution is 6.01. The smallest absolute Gasteiger partial charge is 0.254 e. The van der Waals surface area contributed by atoms with Crippen molar-refractivity contribution in [3.8, 4) is 5.75 Å². The Kier molecular flexibility index (Phi) is 6.51. The Morgan fingerprint density at radius 1 is 1.08 bits per heavy atom. The molecule has 1 N–H and O–H groups in total. The number of ether oxygens (including phenoxy) is 1. The van der Waals surface area contributed by atoms with Crippen molar-refractivity contribution in [2.45, 2.75) is 38.6 Å². The van der Waals surface area contributed by atoms with E-state index in [9.17, 15) is 9.59 Å². The topological polar surface area (TPSA) is 68.9 Å². The van der Waals surface area contributed by atoms with Gasteiger partial charge in [-0.05, 0) is 50.7 Å². The number of methoxy groups -OCH3 is 1. The lowest BCUT2D eigenvalue weighted by Gasteiger charge is -2.51. The zero-order chi connectivity index (χ0) is 25.4. The predicted octanol–water partition coefficient (Wildman–Crippen LogP) is 3.94. The van der Waals surface area contributed by atoms with Gasteiger partial charge in [-0.25, -0.2) is 0 Å². The van der Waals surface area contributed by atoms with Crippen LogP contribution in [0.15, 0.2) is 48.5 Å². The standard InChI is InChI=1S/C29H36N4O3/c1-5-31(6-2)16-11-17-32-19-25(34)33-18-22(20-12-8-10-15-24(20)36-4)26-21-13-7-9-14-23(21)30-27(26)29(33,3)28(32)35/h7-10,12-15,22,30H,5-6,11,16-19H2,1-4H3/t22?,29-/m0/s1. The van der Waals surface area contributed by atoms with E-state index in [1.54, 1.807) is 16.9 Å². The third-order valence-corrected chi connectivity index (χ3v) is 8.13. The molecule has 2 amide bonds. The fraction of sp³-hybridized carbons (Fsp3) is 0.448. The summed E-state index contributed by atoms with van der Waals surface area (Å²) in [6, 6.07) is 16.1. The van der Waals surface area contributed by atoms with E-state index in [1.807, 2.05) is 43.3 Å². The average Bonchev–Trinajstić information content (AvgIpc) is 3.30. The molecule has 1 fully saturated rings. The van der Waals surface area contributed by atoms with E-state index in [0.717, 1.165) is 59.5 Å². The Morgan fingerprint density at radius 2 is 1.81 bits per heavy atom. The number of fused-ring (bicyclic) bond motifs is 5. The molecule has 7 nitrogen and oxygen atoms in total. The highest BCUT2D eigenvalue weighted by atomic mass is 16.5. The van der Waals surface area contributed by atoms with E-state index in [0.29, 0.717) is 13.1 Å². The average molecular weight is 489 g/mol. The number of nitrogens with zero attached hydrogens (tertiary/aromatic N) is 3. The van der Waals surface area contributed by atoms with Crippen molar-refractivity contribution in [1.82, 2.24) is 19.7 Å². The maximum absolute atomic E-state index is 14.1. The van der Waals surface area contributed by atoms with Gasteiger partial charge in [0.15, 0.2) is 5.54 Å². The number of aromatic nitrogens is 1. The Morgan fingerprint density at radius 3 is 2.56 bits per heavy atom. The highest BCUT2D eigenvalue weighted by Crippen LogP contribution is 2.49. The van der Waals surface area contributed by atoms with Crippen molar-refractivity contribution in [3.63, 3.8) is 0 Å². The van der Waals surface area contributed by atoms with Gasteiger partial charge in [0.05, 0.1) is 19.3 Å². The van der Waals surface area contributed by atoms with Gasteiger partial charge < -0.3 is 24.4 Å². The summed E-state index contributed by atoms with van der Waals surface area (Å²) in [5, 5.41) is 1.09. The van der Waals surface area contributed by atoms with Gasteiger partial charge in [-0.2, -0.15) is 0 Å². The molecule has 0 spiro atoms. The molecule has 2 aliphatic rings. The van der Waals surface area contributed by atoms with Crippen molar-refractivity contribution in [2.24, 2.45) is 0 Å². The van der Waals surface area contributed by atoms with Crippen LogP contribution in [-0.4, -0.2) is 77.9 Å². The van der Waals surface area contributed by atoms with E-state index in [-0.39, 0.29) is 24.3 Å². The van der Waals surface area contributed by atoms with E-state index < -0.39 is 5.54 Å². The van der Waals surface area contributed by atoms with Crippen LogP contribution in [0.1, 0.15) is 49.9 Å². The Labute approximate surface area is 213 Å². The molecule has 3 aromatic rings. The zero-order valence-electron chi connectivity index (χ0n) is 21.7. The molecule has 2 atom stereocenters. The molecule has 0 aliphatic carbocycles. The number of nitrogens with one attached hydrogen (secondary N) is 1. The summed E-state index contributed by atoms with van der Waals surface area (Å²) in [4.78, 5) is 37.2. The molecule has 5 rings (SSSR count). The van der Waals surface area contributed by atoms with Gasteiger partial charge in [-0.3, -0.25) is 9.59 Å². The van der Waals surface area contributed by atoms with E-state index >= 15 is 0 Å². The molecule has 0 radical (unpaired) electrons. The molecule has 2 aliphatic heterocycles. The minimum Gasteiger partial charge on any atom is -0.496 e. The highest BCUT2D eigenvalue weighted by Gasteiger charge is 2.56. The first-order valence-electron chi connectivity index (χ1n) is 13.0. The van der Waals surface area contributed by atoms with Crippen LogP contribution >= 0.6 is 0 Å². The second kappa shape index (κ2) is 9.62. The molecule has 0 bridgehead atoms. The maximum atomic E-state index is 14.1. The minimum atomic E-state index is -1.07. The van der Waals surface area contributed by atoms with Gasteiger partial charge in [0.1, 0.15) is 5.75 Å². The van der Waals surface area contributed by atoms with E-state index in [4.69, 9.17) is 4.74 Å². The molecule has 36 heavy (non-hydrogen) atoms. The van der Waals surface area contributed by atoms with Gasteiger partial charge >= 0.3 is 0 Å². The minimum absolute atomic E-state index is 0.00655. The second-order valence-electron chi connectivity index (χ2n) is 9.94. The number of benzene rings is 2. The van der Waals surface area contributed by atoms with E-state index in [1.165, 1.54) is 0 Å². The lowest BCUT2D eigenvalue weighted by molar-refractivity contribution is -0.166. The van der Waals surface area contributed by atoms with Crippen molar-refractivity contribution in [3.05, 3.63) is 65.4 Å². The molecule has 3 heterocycles. The normalized spacial score (nSPS) is 21.8. The van der Waals surface area contributed by atoms with Crippen molar-refractivity contribution < 1.29 is 14.3 Å². The number of carbonyl (C=O) groups excluding carboxylic acids is 2. The SMILES string of the molecule is CCN(CC)CCCN1CC(=O)N2CC(c3ccccc3OC)c3c([nH]c4ccccc34)[C@@]2(C)C1=O. The van der Waals surface area contributed by atoms with Crippen LogP contribution in [0.2, 0.25) is 0 Å². The predicted molar refractivity (Wildman–Crippen MR) is 141 cm³/mol. The van der Waals surface area contributed by atoms with Crippen LogP contribution in [-0.2, 0) is 15.1 Å². The Hall–Kier alpha value is -3.32. The van der Waals surface area contributed by atoms with Gasteiger partial charge in [-0.1, -0.05) is 50.2 Å². The van der Waals surface area contributed by atoms with Crippen LogP contribution in [0.25, 0.3) is 10.9 Å². The molecule has 1 unspecified atom stereocenters. The summed E-state index contributed by atoms with van der Waals surface area (Å²) < 4.78 is 5.72. The summed E-state index contributed by atoms with van der Waals surface area (Å²) in [5.74, 6) is 0.666. The first-order chi connectivity index (χ1) is 17.4. The molecule has 1 saturated heterocycles. The van der Waals surface area contributed by atoms with Gasteiger partial charge in [0.25, 0.3) is 5.91 Å². The number of aromatic amines is 1. The van der Waals surface area contributed by atoms with Crippen LogP contribution < -0.4 is 4.74 Å². The fourth-order valence-electron chi connectivity index (χ4n) is 6.12. The first kappa shape index (κ1) is 24.4. The third kappa shape index (κ3) is 3.77. The molecule has 1 aromatic heterocycles. The molecule has 0 saturated carbocycles. The summed E-state index contributed by atoms with van der Waals surface area (Å²) in [5.41, 5.74) is 2.83.